The Morgan fingerprint density at radius 1 is 0.844 bits per heavy atom. The minimum Gasteiger partial charge on any atom is -0.367 e. The Morgan fingerprint density at radius 2 is 1.53 bits per heavy atom. The molecular formula is C24H29N5O2S. The predicted molar refractivity (Wildman–Crippen MR) is 129 cm³/mol. The van der Waals surface area contributed by atoms with Gasteiger partial charge in [-0.1, -0.05) is 31.4 Å². The molecule has 0 bridgehead atoms. The minimum atomic E-state index is -3.63. The molecule has 0 unspecified atom stereocenters. The maximum absolute atomic E-state index is 12.6. The first kappa shape index (κ1) is 22.1. The van der Waals surface area contributed by atoms with E-state index in [1.165, 1.54) is 32.1 Å². The number of aromatic nitrogens is 2. The number of nitrogens with zero attached hydrogens (tertiary/aromatic N) is 2. The van der Waals surface area contributed by atoms with Crippen LogP contribution in [0, 0.1) is 13.8 Å². The molecule has 0 amide bonds. The van der Waals surface area contributed by atoms with E-state index in [0.717, 1.165) is 17.1 Å². The zero-order chi connectivity index (χ0) is 22.6. The van der Waals surface area contributed by atoms with E-state index in [1.54, 1.807) is 30.3 Å². The zero-order valence-corrected chi connectivity index (χ0v) is 19.2. The lowest BCUT2D eigenvalue weighted by atomic mass is 9.95. The highest BCUT2D eigenvalue weighted by molar-refractivity contribution is 7.92. The van der Waals surface area contributed by atoms with Crippen molar-refractivity contribution in [3.05, 3.63) is 66.0 Å². The van der Waals surface area contributed by atoms with Gasteiger partial charge in [-0.25, -0.2) is 18.4 Å². The van der Waals surface area contributed by atoms with Crippen LogP contribution >= 0.6 is 0 Å². The number of sulfonamides is 1. The third-order valence-electron chi connectivity index (χ3n) is 5.50. The standard InChI is InChI=1S/C24H29N5O2S/c1-17-7-6-10-22(15-17)32(30,31)29-21-13-11-20(12-14-21)28-24-16-23(25-18(2)26-24)27-19-8-4-3-5-9-19/h6-7,10-16,19,29H,3-5,8-9H2,1-2H3,(H2,25,26,27,28). The van der Waals surface area contributed by atoms with Crippen LogP contribution in [-0.4, -0.2) is 24.4 Å². The van der Waals surface area contributed by atoms with Gasteiger partial charge in [-0.15, -0.1) is 0 Å². The summed E-state index contributed by atoms with van der Waals surface area (Å²) in [5, 5.41) is 6.82. The highest BCUT2D eigenvalue weighted by atomic mass is 32.2. The first-order chi connectivity index (χ1) is 15.4. The second-order valence-electron chi connectivity index (χ2n) is 8.29. The van der Waals surface area contributed by atoms with Crippen molar-refractivity contribution >= 4 is 33.0 Å². The molecule has 0 radical (unpaired) electrons. The lowest BCUT2D eigenvalue weighted by Gasteiger charge is -2.23. The Morgan fingerprint density at radius 3 is 2.25 bits per heavy atom. The van der Waals surface area contributed by atoms with Gasteiger partial charge in [0.1, 0.15) is 17.5 Å². The second-order valence-corrected chi connectivity index (χ2v) is 9.97. The van der Waals surface area contributed by atoms with Crippen molar-refractivity contribution in [2.45, 2.75) is 56.9 Å². The van der Waals surface area contributed by atoms with Crippen LogP contribution in [0.3, 0.4) is 0 Å². The molecule has 8 heteroatoms. The molecule has 4 rings (SSSR count). The first-order valence-electron chi connectivity index (χ1n) is 11.0. The van der Waals surface area contributed by atoms with Crippen LogP contribution < -0.4 is 15.4 Å². The van der Waals surface area contributed by atoms with Gasteiger partial charge in [0.25, 0.3) is 10.0 Å². The van der Waals surface area contributed by atoms with Crippen LogP contribution in [0.4, 0.5) is 23.0 Å². The van der Waals surface area contributed by atoms with Gasteiger partial charge in [-0.05, 0) is 68.7 Å². The SMILES string of the molecule is Cc1cccc(S(=O)(=O)Nc2ccc(Nc3cc(NC4CCCCC4)nc(C)n3)cc2)c1. The van der Waals surface area contributed by atoms with Crippen LogP contribution in [-0.2, 0) is 10.0 Å². The van der Waals surface area contributed by atoms with E-state index in [4.69, 9.17) is 0 Å². The zero-order valence-electron chi connectivity index (χ0n) is 18.4. The van der Waals surface area contributed by atoms with Gasteiger partial charge < -0.3 is 10.6 Å². The van der Waals surface area contributed by atoms with Crippen LogP contribution in [0.5, 0.6) is 0 Å². The van der Waals surface area contributed by atoms with E-state index in [9.17, 15) is 8.42 Å². The van der Waals surface area contributed by atoms with E-state index in [-0.39, 0.29) is 4.90 Å². The number of nitrogens with one attached hydrogen (secondary N) is 3. The van der Waals surface area contributed by atoms with E-state index < -0.39 is 10.0 Å². The Balaban J connectivity index is 1.43. The fourth-order valence-electron chi connectivity index (χ4n) is 3.93. The molecule has 0 spiro atoms. The first-order valence-corrected chi connectivity index (χ1v) is 12.4. The van der Waals surface area contributed by atoms with E-state index in [1.807, 2.05) is 38.1 Å². The topological polar surface area (TPSA) is 96.0 Å². The van der Waals surface area contributed by atoms with Crippen molar-refractivity contribution in [3.8, 4) is 0 Å². The number of benzene rings is 2. The van der Waals surface area contributed by atoms with Crippen LogP contribution in [0.15, 0.2) is 59.5 Å². The highest BCUT2D eigenvalue weighted by Gasteiger charge is 2.15. The summed E-state index contributed by atoms with van der Waals surface area (Å²) in [6.07, 6.45) is 6.17. The Labute approximate surface area is 189 Å². The van der Waals surface area contributed by atoms with E-state index in [2.05, 4.69) is 25.3 Å². The lowest BCUT2D eigenvalue weighted by molar-refractivity contribution is 0.462. The number of rotatable bonds is 7. The molecule has 1 aliphatic rings. The summed E-state index contributed by atoms with van der Waals surface area (Å²) >= 11 is 0. The molecule has 1 aromatic heterocycles. The van der Waals surface area contributed by atoms with Crippen molar-refractivity contribution < 1.29 is 8.42 Å². The molecule has 1 heterocycles. The van der Waals surface area contributed by atoms with Gasteiger partial charge in [0.2, 0.25) is 0 Å². The molecule has 3 N–H and O–H groups in total. The summed E-state index contributed by atoms with van der Waals surface area (Å²) in [6, 6.07) is 16.3. The van der Waals surface area contributed by atoms with Crippen LogP contribution in [0.1, 0.15) is 43.5 Å². The summed E-state index contributed by atoms with van der Waals surface area (Å²) in [5.41, 5.74) is 2.20. The molecule has 32 heavy (non-hydrogen) atoms. The van der Waals surface area contributed by atoms with Crippen molar-refractivity contribution in [1.82, 2.24) is 9.97 Å². The lowest BCUT2D eigenvalue weighted by Crippen LogP contribution is -2.23. The van der Waals surface area contributed by atoms with Gasteiger partial charge >= 0.3 is 0 Å². The number of hydrogen-bond donors (Lipinski definition) is 3. The summed E-state index contributed by atoms with van der Waals surface area (Å²) in [5.74, 6) is 2.22. The average molecular weight is 452 g/mol. The van der Waals surface area contributed by atoms with Crippen molar-refractivity contribution in [1.29, 1.82) is 0 Å². The average Bonchev–Trinajstić information content (AvgIpc) is 2.75. The van der Waals surface area contributed by atoms with Gasteiger partial charge in [-0.3, -0.25) is 4.72 Å². The van der Waals surface area contributed by atoms with Gasteiger partial charge in [-0.2, -0.15) is 0 Å². The maximum Gasteiger partial charge on any atom is 0.261 e. The Hall–Kier alpha value is -3.13. The minimum absolute atomic E-state index is 0.245. The molecule has 1 saturated carbocycles. The highest BCUT2D eigenvalue weighted by Crippen LogP contribution is 2.24. The largest absolute Gasteiger partial charge is 0.367 e. The van der Waals surface area contributed by atoms with Gasteiger partial charge in [0.15, 0.2) is 0 Å². The summed E-state index contributed by atoms with van der Waals surface area (Å²) in [4.78, 5) is 9.24. The van der Waals surface area contributed by atoms with Crippen LogP contribution in [0.25, 0.3) is 0 Å². The quantitative estimate of drug-likeness (QED) is 0.446. The van der Waals surface area contributed by atoms with Crippen LogP contribution in [0.2, 0.25) is 0 Å². The molecule has 0 aliphatic heterocycles. The molecule has 0 atom stereocenters. The fraction of sp³-hybridized carbons (Fsp3) is 0.333. The van der Waals surface area contributed by atoms with Gasteiger partial charge in [0.05, 0.1) is 4.90 Å². The number of anilines is 4. The smallest absolute Gasteiger partial charge is 0.261 e. The molecule has 7 nitrogen and oxygen atoms in total. The molecule has 0 saturated heterocycles. The molecular weight excluding hydrogens is 422 g/mol. The predicted octanol–water partition coefficient (Wildman–Crippen LogP) is 5.38. The normalized spacial score (nSPS) is 14.7. The third-order valence-corrected chi connectivity index (χ3v) is 6.88. The third kappa shape index (κ3) is 5.76. The molecule has 168 valence electrons. The van der Waals surface area contributed by atoms with Crippen molar-refractivity contribution in [3.63, 3.8) is 0 Å². The fourth-order valence-corrected chi connectivity index (χ4v) is 5.09. The van der Waals surface area contributed by atoms with Crippen molar-refractivity contribution in [2.75, 3.05) is 15.4 Å². The summed E-state index contributed by atoms with van der Waals surface area (Å²) in [7, 11) is -3.63. The molecule has 1 aliphatic carbocycles. The maximum atomic E-state index is 12.6. The molecule has 1 fully saturated rings. The Bertz CT molecular complexity index is 1170. The van der Waals surface area contributed by atoms with E-state index >= 15 is 0 Å². The van der Waals surface area contributed by atoms with E-state index in [0.29, 0.717) is 23.4 Å². The number of hydrogen-bond acceptors (Lipinski definition) is 6. The summed E-state index contributed by atoms with van der Waals surface area (Å²) < 4.78 is 27.9. The van der Waals surface area contributed by atoms with Crippen molar-refractivity contribution in [2.24, 2.45) is 0 Å². The molecule has 2 aromatic carbocycles. The molecule has 3 aromatic rings. The Kier molecular flexibility index (Phi) is 6.60. The summed E-state index contributed by atoms with van der Waals surface area (Å²) in [6.45, 7) is 3.74. The van der Waals surface area contributed by atoms with Gasteiger partial charge in [0, 0.05) is 23.5 Å². The number of aryl methyl sites for hydroxylation is 2. The monoisotopic (exact) mass is 451 g/mol. The second kappa shape index (κ2) is 9.56.